The molecule has 1 saturated heterocycles. The number of carbonyl (C=O) groups excluding carboxylic acids is 1. The van der Waals surface area contributed by atoms with Gasteiger partial charge in [0.15, 0.2) is 0 Å². The van der Waals surface area contributed by atoms with E-state index in [9.17, 15) is 9.59 Å². The summed E-state index contributed by atoms with van der Waals surface area (Å²) in [5.74, 6) is 1.18. The van der Waals surface area contributed by atoms with Crippen LogP contribution >= 0.6 is 23.1 Å². The Hall–Kier alpha value is -3.80. The van der Waals surface area contributed by atoms with Gasteiger partial charge in [-0.2, -0.15) is 9.36 Å². The fraction of sp³-hybridized carbons (Fsp3) is 0.269. The third kappa shape index (κ3) is 6.36. The number of halogens is 1. The number of hydrogen-bond acceptors (Lipinski definition) is 9. The Morgan fingerprint density at radius 3 is 2.58 bits per heavy atom. The summed E-state index contributed by atoms with van der Waals surface area (Å²) in [6.07, 6.45) is 2.63. The number of carbonyl (C=O) groups is 1. The maximum absolute atomic E-state index is 13.5. The second kappa shape index (κ2) is 11.7. The molecule has 38 heavy (non-hydrogen) atoms. The molecular weight excluding hydrogens is 528 g/mol. The smallest absolute Gasteiger partial charge is 0.298 e. The molecule has 3 heterocycles. The van der Waals surface area contributed by atoms with Gasteiger partial charge < -0.3 is 20.1 Å². The average Bonchev–Trinajstić information content (AvgIpc) is 3.34. The van der Waals surface area contributed by atoms with Crippen LogP contribution in [0.4, 0.5) is 17.3 Å². The van der Waals surface area contributed by atoms with Crippen LogP contribution in [-0.2, 0) is 16.1 Å². The van der Waals surface area contributed by atoms with E-state index in [1.807, 2.05) is 24.3 Å². The maximum atomic E-state index is 13.5. The first-order chi connectivity index (χ1) is 18.4. The molecule has 0 radical (unpaired) electrons. The monoisotopic (exact) mass is 552 g/mol. The van der Waals surface area contributed by atoms with Crippen LogP contribution < -0.4 is 20.9 Å². The lowest BCUT2D eigenvalue weighted by Crippen LogP contribution is -2.33. The summed E-state index contributed by atoms with van der Waals surface area (Å²) < 4.78 is 16.7. The molecule has 0 spiro atoms. The van der Waals surface area contributed by atoms with Crippen molar-refractivity contribution in [1.82, 2.24) is 18.9 Å². The number of anilines is 3. The van der Waals surface area contributed by atoms with Crippen LogP contribution in [0.5, 0.6) is 10.9 Å². The summed E-state index contributed by atoms with van der Waals surface area (Å²) in [5, 5.41) is 7.03. The molecule has 0 aliphatic carbocycles. The molecular formula is C26H25ClN6O4S. The molecule has 10 nitrogen and oxygen atoms in total. The van der Waals surface area contributed by atoms with E-state index in [4.69, 9.17) is 21.1 Å². The summed E-state index contributed by atoms with van der Waals surface area (Å²) in [7, 11) is 0. The highest BCUT2D eigenvalue weighted by molar-refractivity contribution is 7.07. The van der Waals surface area contributed by atoms with Gasteiger partial charge in [-0.3, -0.25) is 14.2 Å². The quantitative estimate of drug-likeness (QED) is 0.313. The van der Waals surface area contributed by atoms with Crippen LogP contribution in [0.2, 0.25) is 5.02 Å². The Balaban J connectivity index is 1.39. The van der Waals surface area contributed by atoms with E-state index in [-0.39, 0.29) is 29.6 Å². The number of amides is 1. The minimum atomic E-state index is -0.371. The predicted molar refractivity (Wildman–Crippen MR) is 146 cm³/mol. The second-order valence-electron chi connectivity index (χ2n) is 8.75. The zero-order valence-corrected chi connectivity index (χ0v) is 22.1. The molecule has 1 aliphatic rings. The number of aromatic nitrogens is 4. The highest BCUT2D eigenvalue weighted by atomic mass is 35.5. The Labute approximate surface area is 227 Å². The lowest BCUT2D eigenvalue weighted by molar-refractivity contribution is -0.122. The zero-order valence-electron chi connectivity index (χ0n) is 20.5. The number of ether oxygens (including phenoxy) is 2. The van der Waals surface area contributed by atoms with Gasteiger partial charge in [-0.05, 0) is 61.7 Å². The van der Waals surface area contributed by atoms with E-state index in [1.165, 1.54) is 22.3 Å². The predicted octanol–water partition coefficient (Wildman–Crippen LogP) is 5.01. The van der Waals surface area contributed by atoms with Crippen LogP contribution in [-0.4, -0.2) is 38.0 Å². The second-order valence-corrected chi connectivity index (χ2v) is 9.90. The summed E-state index contributed by atoms with van der Waals surface area (Å²) in [5.41, 5.74) is 1.30. The number of aryl methyl sites for hydroxylation is 1. The maximum Gasteiger partial charge on any atom is 0.298 e. The van der Waals surface area contributed by atoms with E-state index in [0.717, 1.165) is 5.56 Å². The van der Waals surface area contributed by atoms with E-state index >= 15 is 0 Å². The van der Waals surface area contributed by atoms with Gasteiger partial charge in [-0.15, -0.1) is 0 Å². The van der Waals surface area contributed by atoms with E-state index in [2.05, 4.69) is 25.0 Å². The van der Waals surface area contributed by atoms with Crippen molar-refractivity contribution in [2.24, 2.45) is 5.92 Å². The van der Waals surface area contributed by atoms with Gasteiger partial charge in [0.25, 0.3) is 10.8 Å². The molecule has 196 valence electrons. The number of rotatable bonds is 8. The lowest BCUT2D eigenvalue weighted by Gasteiger charge is -2.21. The Kier molecular flexibility index (Phi) is 7.97. The van der Waals surface area contributed by atoms with E-state index in [1.54, 1.807) is 31.2 Å². The summed E-state index contributed by atoms with van der Waals surface area (Å²) >= 11 is 7.22. The fourth-order valence-electron chi connectivity index (χ4n) is 3.95. The Morgan fingerprint density at radius 2 is 1.89 bits per heavy atom. The first-order valence-corrected chi connectivity index (χ1v) is 13.2. The first-order valence-electron chi connectivity index (χ1n) is 12.0. The van der Waals surface area contributed by atoms with Gasteiger partial charge in [0.05, 0.1) is 12.7 Å². The van der Waals surface area contributed by atoms with Crippen molar-refractivity contribution in [3.05, 3.63) is 81.5 Å². The molecule has 2 aromatic carbocycles. The third-order valence-electron chi connectivity index (χ3n) is 5.98. The summed E-state index contributed by atoms with van der Waals surface area (Å²) in [4.78, 5) is 35.0. The highest BCUT2D eigenvalue weighted by Gasteiger charge is 2.23. The molecule has 0 unspecified atom stereocenters. The normalized spacial score (nSPS) is 13.7. The SMILES string of the molecule is Cc1nsc(Oc2ccc(Nc3ncc(NC(=O)C4CCOCC4)c(=O)n3Cc3ccc(Cl)cc3)cc2)n1. The molecule has 12 heteroatoms. The minimum Gasteiger partial charge on any atom is -0.430 e. The molecule has 1 amide bonds. The molecule has 0 saturated carbocycles. The van der Waals surface area contributed by atoms with Gasteiger partial charge in [0.1, 0.15) is 17.3 Å². The summed E-state index contributed by atoms with van der Waals surface area (Å²) in [6.45, 7) is 3.09. The topological polar surface area (TPSA) is 120 Å². The van der Waals surface area contributed by atoms with Gasteiger partial charge in [0.2, 0.25) is 11.9 Å². The third-order valence-corrected chi connectivity index (χ3v) is 6.91. The number of nitrogens with one attached hydrogen (secondary N) is 2. The molecule has 2 aromatic heterocycles. The van der Waals surface area contributed by atoms with Crippen LogP contribution in [0.3, 0.4) is 0 Å². The van der Waals surface area contributed by atoms with Crippen molar-refractivity contribution < 1.29 is 14.3 Å². The van der Waals surface area contributed by atoms with Crippen molar-refractivity contribution in [2.75, 3.05) is 23.8 Å². The van der Waals surface area contributed by atoms with Crippen molar-refractivity contribution >= 4 is 46.4 Å². The number of benzene rings is 2. The molecule has 1 fully saturated rings. The lowest BCUT2D eigenvalue weighted by atomic mass is 9.99. The van der Waals surface area contributed by atoms with Crippen LogP contribution in [0, 0.1) is 12.8 Å². The largest absolute Gasteiger partial charge is 0.430 e. The zero-order chi connectivity index (χ0) is 26.5. The van der Waals surface area contributed by atoms with Gasteiger partial charge in [-0.1, -0.05) is 23.7 Å². The molecule has 2 N–H and O–H groups in total. The minimum absolute atomic E-state index is 0.122. The van der Waals surface area contributed by atoms with Gasteiger partial charge in [-0.25, -0.2) is 4.98 Å². The van der Waals surface area contributed by atoms with Crippen molar-refractivity contribution in [3.8, 4) is 10.9 Å². The van der Waals surface area contributed by atoms with Crippen molar-refractivity contribution in [3.63, 3.8) is 0 Å². The summed E-state index contributed by atoms with van der Waals surface area (Å²) in [6, 6.07) is 14.4. The first kappa shape index (κ1) is 25.8. The molecule has 4 aromatic rings. The molecule has 0 atom stereocenters. The van der Waals surface area contributed by atoms with Crippen molar-refractivity contribution in [1.29, 1.82) is 0 Å². The van der Waals surface area contributed by atoms with Gasteiger partial charge >= 0.3 is 0 Å². The van der Waals surface area contributed by atoms with Crippen LogP contribution in [0.1, 0.15) is 24.2 Å². The standard InChI is InChI=1S/C26H25ClN6O4S/c1-16-29-26(38-32-16)37-21-8-6-20(7-9-21)30-25-28-14-22(31-23(34)18-10-12-36-13-11-18)24(35)33(25)15-17-2-4-19(27)5-3-17/h2-9,14,18H,10-13,15H2,1H3,(H,28,30)(H,31,34). The molecule has 1 aliphatic heterocycles. The van der Waals surface area contributed by atoms with Crippen LogP contribution in [0.25, 0.3) is 0 Å². The van der Waals surface area contributed by atoms with Gasteiger partial charge in [0, 0.05) is 41.4 Å². The number of nitrogens with zero attached hydrogens (tertiary/aromatic N) is 4. The average molecular weight is 553 g/mol. The highest BCUT2D eigenvalue weighted by Crippen LogP contribution is 2.26. The fourth-order valence-corrected chi connectivity index (χ4v) is 4.63. The molecule has 0 bridgehead atoms. The van der Waals surface area contributed by atoms with E-state index < -0.39 is 0 Å². The van der Waals surface area contributed by atoms with E-state index in [0.29, 0.717) is 59.5 Å². The molecule has 5 rings (SSSR count). The Morgan fingerprint density at radius 1 is 1.16 bits per heavy atom. The number of hydrogen-bond donors (Lipinski definition) is 2. The van der Waals surface area contributed by atoms with Crippen molar-refractivity contribution in [2.45, 2.75) is 26.3 Å². The Bertz CT molecular complexity index is 1470. The van der Waals surface area contributed by atoms with Crippen LogP contribution in [0.15, 0.2) is 59.5 Å².